The van der Waals surface area contributed by atoms with Crippen LogP contribution in [0.1, 0.15) is 74.0 Å². The molecule has 0 radical (unpaired) electrons. The average Bonchev–Trinajstić information content (AvgIpc) is 2.83. The van der Waals surface area contributed by atoms with E-state index in [4.69, 9.17) is 14.5 Å². The monoisotopic (exact) mass is 477 g/mol. The molecule has 1 fully saturated rings. The fourth-order valence-corrected chi connectivity index (χ4v) is 5.53. The van der Waals surface area contributed by atoms with Crippen LogP contribution in [0.2, 0.25) is 0 Å². The third kappa shape index (κ3) is 4.94. The summed E-state index contributed by atoms with van der Waals surface area (Å²) >= 11 is 0. The molecule has 0 unspecified atom stereocenters. The van der Waals surface area contributed by atoms with Crippen molar-refractivity contribution in [3.8, 4) is 11.5 Å². The van der Waals surface area contributed by atoms with Gasteiger partial charge in [-0.1, -0.05) is 12.1 Å². The molecule has 0 saturated carbocycles. The lowest BCUT2D eigenvalue weighted by Gasteiger charge is -2.39. The Morgan fingerprint density at radius 1 is 1.11 bits per heavy atom. The number of piperidine rings is 1. The molecular formula is C29H39N3O3. The molecular weight excluding hydrogens is 438 g/mol. The van der Waals surface area contributed by atoms with Crippen molar-refractivity contribution in [2.24, 2.45) is 4.99 Å². The Bertz CT molecular complexity index is 1080. The highest BCUT2D eigenvalue weighted by atomic mass is 16.5. The third-order valence-electron chi connectivity index (χ3n) is 7.12. The minimum atomic E-state index is 0.0614. The maximum atomic E-state index is 13.2. The number of fused-ring (bicyclic) bond motifs is 3. The van der Waals surface area contributed by atoms with Crippen molar-refractivity contribution < 1.29 is 14.3 Å². The van der Waals surface area contributed by atoms with Gasteiger partial charge >= 0.3 is 0 Å². The van der Waals surface area contributed by atoms with Crippen LogP contribution in [-0.4, -0.2) is 73.4 Å². The van der Waals surface area contributed by atoms with E-state index in [0.717, 1.165) is 47.8 Å². The van der Waals surface area contributed by atoms with Crippen molar-refractivity contribution in [2.45, 2.75) is 65.1 Å². The molecule has 2 heterocycles. The predicted molar refractivity (Wildman–Crippen MR) is 141 cm³/mol. The van der Waals surface area contributed by atoms with Crippen LogP contribution in [0.4, 0.5) is 0 Å². The number of benzene rings is 2. The van der Waals surface area contributed by atoms with Gasteiger partial charge in [0.25, 0.3) is 5.91 Å². The number of carbonyl (C=O) groups is 1. The van der Waals surface area contributed by atoms with Gasteiger partial charge in [-0.25, -0.2) is 0 Å². The maximum absolute atomic E-state index is 13.2. The van der Waals surface area contributed by atoms with Crippen LogP contribution in [0.25, 0.3) is 0 Å². The van der Waals surface area contributed by atoms with Gasteiger partial charge in [0.15, 0.2) is 11.5 Å². The second kappa shape index (κ2) is 10.4. The summed E-state index contributed by atoms with van der Waals surface area (Å²) in [6.45, 7) is 12.8. The van der Waals surface area contributed by atoms with E-state index in [9.17, 15) is 4.79 Å². The van der Waals surface area contributed by atoms with Crippen molar-refractivity contribution in [1.29, 1.82) is 0 Å². The maximum Gasteiger partial charge on any atom is 0.254 e. The Morgan fingerprint density at radius 3 is 2.40 bits per heavy atom. The molecule has 188 valence electrons. The summed E-state index contributed by atoms with van der Waals surface area (Å²) in [5.41, 5.74) is 5.05. The summed E-state index contributed by atoms with van der Waals surface area (Å²) in [5.74, 6) is 1.89. The van der Waals surface area contributed by atoms with Gasteiger partial charge in [-0.2, -0.15) is 0 Å². The van der Waals surface area contributed by atoms with Crippen molar-refractivity contribution >= 4 is 11.6 Å². The topological polar surface area (TPSA) is 54.4 Å². The third-order valence-corrected chi connectivity index (χ3v) is 7.12. The van der Waals surface area contributed by atoms with Gasteiger partial charge < -0.3 is 19.3 Å². The minimum Gasteiger partial charge on any atom is -0.493 e. The first kappa shape index (κ1) is 25.2. The highest BCUT2D eigenvalue weighted by Crippen LogP contribution is 2.42. The van der Waals surface area contributed by atoms with E-state index in [1.54, 1.807) is 7.11 Å². The van der Waals surface area contributed by atoms with Crippen LogP contribution < -0.4 is 9.47 Å². The van der Waals surface area contributed by atoms with Gasteiger partial charge in [0.1, 0.15) is 0 Å². The molecule has 6 heteroatoms. The van der Waals surface area contributed by atoms with Crippen LogP contribution in [0, 0.1) is 0 Å². The number of hydrogen-bond acceptors (Lipinski definition) is 5. The number of nitrogens with zero attached hydrogens (tertiary/aromatic N) is 3. The molecule has 0 aliphatic carbocycles. The minimum absolute atomic E-state index is 0.0614. The van der Waals surface area contributed by atoms with Crippen molar-refractivity contribution in [1.82, 2.24) is 9.80 Å². The molecule has 0 bridgehead atoms. The highest BCUT2D eigenvalue weighted by molar-refractivity contribution is 6.15. The Balaban J connectivity index is 1.76. The largest absolute Gasteiger partial charge is 0.493 e. The Morgan fingerprint density at radius 2 is 1.80 bits per heavy atom. The standard InChI is InChI=1S/C29H39N3O3/c1-8-35-27-16-23-22(15-26(27)34-7)24-17-31(6)14-13-25(24)30-28(23)20-9-11-21(12-10-20)29(33)32(18(2)3)19(4)5/h9-12,15-16,18-19,24-25H,8,13-14,17H2,1-7H3/t24-,25-/m1/s1. The second-order valence-corrected chi connectivity index (χ2v) is 10.2. The summed E-state index contributed by atoms with van der Waals surface area (Å²) in [6, 6.07) is 12.7. The SMILES string of the molecule is CCOc1cc2c(cc1OC)[C@H]1CN(C)CC[C@H]1N=C2c1ccc(C(=O)N(C(C)C)C(C)C)cc1. The van der Waals surface area contributed by atoms with Gasteiger partial charge in [-0.05, 0) is 84.5 Å². The lowest BCUT2D eigenvalue weighted by Crippen LogP contribution is -2.42. The normalized spacial score (nSPS) is 19.7. The van der Waals surface area contributed by atoms with Gasteiger partial charge in [0.05, 0.1) is 25.5 Å². The van der Waals surface area contributed by atoms with Crippen LogP contribution in [0.3, 0.4) is 0 Å². The zero-order valence-electron chi connectivity index (χ0n) is 22.2. The van der Waals surface area contributed by atoms with Gasteiger partial charge in [0.2, 0.25) is 0 Å². The smallest absolute Gasteiger partial charge is 0.254 e. The molecule has 2 aliphatic rings. The average molecular weight is 478 g/mol. The second-order valence-electron chi connectivity index (χ2n) is 10.2. The summed E-state index contributed by atoms with van der Waals surface area (Å²) in [7, 11) is 3.87. The number of methoxy groups -OCH3 is 1. The Kier molecular flexibility index (Phi) is 7.50. The van der Waals surface area contributed by atoms with E-state index < -0.39 is 0 Å². The van der Waals surface area contributed by atoms with Crippen LogP contribution in [-0.2, 0) is 0 Å². The van der Waals surface area contributed by atoms with Crippen LogP contribution >= 0.6 is 0 Å². The lowest BCUT2D eigenvalue weighted by atomic mass is 9.79. The summed E-state index contributed by atoms with van der Waals surface area (Å²) in [5, 5.41) is 0. The number of hydrogen-bond donors (Lipinski definition) is 0. The number of ether oxygens (including phenoxy) is 2. The molecule has 35 heavy (non-hydrogen) atoms. The number of likely N-dealkylation sites (N-methyl/N-ethyl adjacent to an activating group) is 1. The highest BCUT2D eigenvalue weighted by Gasteiger charge is 2.36. The van der Waals surface area contributed by atoms with E-state index in [-0.39, 0.29) is 24.0 Å². The summed E-state index contributed by atoms with van der Waals surface area (Å²) < 4.78 is 11.6. The van der Waals surface area contributed by atoms with E-state index >= 15 is 0 Å². The molecule has 1 saturated heterocycles. The molecule has 4 rings (SSSR count). The molecule has 0 N–H and O–H groups in total. The van der Waals surface area contributed by atoms with Crippen molar-refractivity contribution in [3.05, 3.63) is 58.7 Å². The molecule has 2 aromatic rings. The van der Waals surface area contributed by atoms with E-state index in [1.165, 1.54) is 5.56 Å². The summed E-state index contributed by atoms with van der Waals surface area (Å²) in [6.07, 6.45) is 1.02. The molecule has 2 atom stereocenters. The molecule has 0 spiro atoms. The number of carbonyl (C=O) groups excluding carboxylic acids is 1. The fourth-order valence-electron chi connectivity index (χ4n) is 5.53. The number of rotatable bonds is 7. The number of amides is 1. The molecule has 1 amide bonds. The van der Waals surface area contributed by atoms with E-state index in [1.807, 2.05) is 36.1 Å². The van der Waals surface area contributed by atoms with Crippen LogP contribution in [0.15, 0.2) is 41.4 Å². The lowest BCUT2D eigenvalue weighted by molar-refractivity contribution is 0.0643. The van der Waals surface area contributed by atoms with Crippen LogP contribution in [0.5, 0.6) is 11.5 Å². The molecule has 6 nitrogen and oxygen atoms in total. The van der Waals surface area contributed by atoms with Gasteiger partial charge in [-0.15, -0.1) is 0 Å². The molecule has 2 aliphatic heterocycles. The Labute approximate surface area is 209 Å². The summed E-state index contributed by atoms with van der Waals surface area (Å²) in [4.78, 5) is 22.8. The first-order valence-corrected chi connectivity index (χ1v) is 12.8. The molecule has 0 aromatic heterocycles. The first-order chi connectivity index (χ1) is 16.7. The van der Waals surface area contributed by atoms with E-state index in [2.05, 4.69) is 51.8 Å². The molecule has 2 aromatic carbocycles. The Hall–Kier alpha value is -2.86. The van der Waals surface area contributed by atoms with Gasteiger partial charge in [0, 0.05) is 41.2 Å². The zero-order valence-corrected chi connectivity index (χ0v) is 22.2. The van der Waals surface area contributed by atoms with Crippen molar-refractivity contribution in [3.63, 3.8) is 0 Å². The van der Waals surface area contributed by atoms with Gasteiger partial charge in [-0.3, -0.25) is 9.79 Å². The fraction of sp³-hybridized carbons (Fsp3) is 0.517. The zero-order chi connectivity index (χ0) is 25.3. The number of likely N-dealkylation sites (tertiary alicyclic amines) is 1. The predicted octanol–water partition coefficient (Wildman–Crippen LogP) is 4.99. The quantitative estimate of drug-likeness (QED) is 0.564. The van der Waals surface area contributed by atoms with Crippen molar-refractivity contribution in [2.75, 3.05) is 33.9 Å². The van der Waals surface area contributed by atoms with E-state index in [0.29, 0.717) is 18.1 Å². The first-order valence-electron chi connectivity index (χ1n) is 12.8. The number of aliphatic imine (C=N–C) groups is 1.